The van der Waals surface area contributed by atoms with Gasteiger partial charge in [0.25, 0.3) is 0 Å². The summed E-state index contributed by atoms with van der Waals surface area (Å²) in [5, 5.41) is 0. The SMILES string of the molecule is NCC[n+]1c(/C=C/c2ccc(F)cc2)cccc1/C=C/c1ccc(F)cc1. The number of aromatic nitrogens is 1. The molecule has 0 atom stereocenters. The molecule has 0 aliphatic carbocycles. The number of halogens is 2. The maximum Gasteiger partial charge on any atom is 0.205 e. The Labute approximate surface area is 157 Å². The van der Waals surface area contributed by atoms with Gasteiger partial charge in [-0.05, 0) is 53.6 Å². The molecule has 2 N–H and O–H groups in total. The molecule has 0 aliphatic heterocycles. The van der Waals surface area contributed by atoms with Crippen molar-refractivity contribution in [2.45, 2.75) is 6.54 Å². The summed E-state index contributed by atoms with van der Waals surface area (Å²) in [6, 6.07) is 18.7. The largest absolute Gasteiger partial charge is 0.325 e. The van der Waals surface area contributed by atoms with Gasteiger partial charge in [0.05, 0.1) is 6.54 Å². The smallest absolute Gasteiger partial charge is 0.205 e. The first kappa shape index (κ1) is 18.7. The molecule has 3 aromatic rings. The second-order valence-corrected chi connectivity index (χ2v) is 6.09. The predicted molar refractivity (Wildman–Crippen MR) is 106 cm³/mol. The fourth-order valence-corrected chi connectivity index (χ4v) is 2.76. The number of rotatable bonds is 6. The Morgan fingerprint density at radius 3 is 1.52 bits per heavy atom. The van der Waals surface area contributed by atoms with Gasteiger partial charge in [-0.3, -0.25) is 0 Å². The van der Waals surface area contributed by atoms with Gasteiger partial charge in [0.15, 0.2) is 6.54 Å². The van der Waals surface area contributed by atoms with Gasteiger partial charge in [-0.25, -0.2) is 8.78 Å². The van der Waals surface area contributed by atoms with Crippen molar-refractivity contribution in [1.82, 2.24) is 0 Å². The Hall–Kier alpha value is -3.11. The summed E-state index contributed by atoms with van der Waals surface area (Å²) in [4.78, 5) is 0. The van der Waals surface area contributed by atoms with E-state index in [1.54, 1.807) is 24.3 Å². The minimum Gasteiger partial charge on any atom is -0.325 e. The van der Waals surface area contributed by atoms with E-state index in [1.807, 2.05) is 42.5 Å². The van der Waals surface area contributed by atoms with Crippen LogP contribution in [0, 0.1) is 11.6 Å². The van der Waals surface area contributed by atoms with E-state index in [9.17, 15) is 8.78 Å². The molecular formula is C23H21F2N2+. The highest BCUT2D eigenvalue weighted by Gasteiger charge is 2.11. The Morgan fingerprint density at radius 1 is 0.667 bits per heavy atom. The van der Waals surface area contributed by atoms with Crippen molar-refractivity contribution < 1.29 is 13.3 Å². The van der Waals surface area contributed by atoms with Gasteiger partial charge in [0.2, 0.25) is 11.4 Å². The molecule has 0 spiro atoms. The summed E-state index contributed by atoms with van der Waals surface area (Å²) in [6.07, 6.45) is 7.85. The Bertz CT molecular complexity index is 869. The molecule has 2 nitrogen and oxygen atoms in total. The van der Waals surface area contributed by atoms with Crippen LogP contribution >= 0.6 is 0 Å². The molecule has 2 aromatic carbocycles. The van der Waals surface area contributed by atoms with Gasteiger partial charge in [0, 0.05) is 24.3 Å². The van der Waals surface area contributed by atoms with Crippen LogP contribution in [0.15, 0.2) is 66.7 Å². The van der Waals surface area contributed by atoms with Crippen LogP contribution in [0.1, 0.15) is 22.5 Å². The zero-order valence-electron chi connectivity index (χ0n) is 14.9. The highest BCUT2D eigenvalue weighted by molar-refractivity contribution is 5.69. The normalized spacial score (nSPS) is 11.5. The summed E-state index contributed by atoms with van der Waals surface area (Å²) >= 11 is 0. The molecule has 1 heterocycles. The van der Waals surface area contributed by atoms with E-state index in [4.69, 9.17) is 5.73 Å². The molecule has 3 rings (SSSR count). The number of hydrogen-bond donors (Lipinski definition) is 1. The summed E-state index contributed by atoms with van der Waals surface area (Å²) < 4.78 is 28.2. The Balaban J connectivity index is 1.89. The van der Waals surface area contributed by atoms with Crippen LogP contribution in [-0.4, -0.2) is 6.54 Å². The lowest BCUT2D eigenvalue weighted by atomic mass is 10.1. The van der Waals surface area contributed by atoms with E-state index in [-0.39, 0.29) is 11.6 Å². The quantitative estimate of drug-likeness (QED) is 0.640. The second-order valence-electron chi connectivity index (χ2n) is 6.09. The summed E-state index contributed by atoms with van der Waals surface area (Å²) in [6.45, 7) is 1.16. The third-order valence-electron chi connectivity index (χ3n) is 4.14. The van der Waals surface area contributed by atoms with Crippen molar-refractivity contribution in [3.63, 3.8) is 0 Å². The van der Waals surface area contributed by atoms with Crippen LogP contribution < -0.4 is 10.3 Å². The maximum absolute atomic E-state index is 13.0. The predicted octanol–water partition coefficient (Wildman–Crippen LogP) is 4.55. The van der Waals surface area contributed by atoms with Crippen molar-refractivity contribution in [3.05, 3.63) is 101 Å². The van der Waals surface area contributed by atoms with Gasteiger partial charge in [-0.2, -0.15) is 4.57 Å². The van der Waals surface area contributed by atoms with Crippen LogP contribution in [0.4, 0.5) is 8.78 Å². The van der Waals surface area contributed by atoms with Crippen molar-refractivity contribution in [2.24, 2.45) is 5.73 Å². The summed E-state index contributed by atoms with van der Waals surface area (Å²) in [5.74, 6) is -0.503. The molecular weight excluding hydrogens is 342 g/mol. The zero-order chi connectivity index (χ0) is 19.1. The van der Waals surface area contributed by atoms with Crippen LogP contribution in [0.3, 0.4) is 0 Å². The van der Waals surface area contributed by atoms with Crippen LogP contribution in [0.25, 0.3) is 24.3 Å². The third-order valence-corrected chi connectivity index (χ3v) is 4.14. The van der Waals surface area contributed by atoms with Gasteiger partial charge >= 0.3 is 0 Å². The minimum absolute atomic E-state index is 0.252. The van der Waals surface area contributed by atoms with Crippen molar-refractivity contribution >= 4 is 24.3 Å². The lowest BCUT2D eigenvalue weighted by molar-refractivity contribution is -0.697. The van der Waals surface area contributed by atoms with Gasteiger partial charge in [-0.15, -0.1) is 0 Å². The van der Waals surface area contributed by atoms with Gasteiger partial charge in [0.1, 0.15) is 11.6 Å². The van der Waals surface area contributed by atoms with Crippen LogP contribution in [-0.2, 0) is 6.54 Å². The Kier molecular flexibility index (Phi) is 6.23. The molecule has 1 aromatic heterocycles. The molecule has 27 heavy (non-hydrogen) atoms. The monoisotopic (exact) mass is 363 g/mol. The maximum atomic E-state index is 13.0. The summed E-state index contributed by atoms with van der Waals surface area (Å²) in [5.41, 5.74) is 9.62. The van der Waals surface area contributed by atoms with Crippen molar-refractivity contribution in [2.75, 3.05) is 6.54 Å². The molecule has 0 aliphatic rings. The minimum atomic E-state index is -0.252. The standard InChI is InChI=1S/C23H21F2N2/c24-20-10-4-18(5-11-20)8-14-22-2-1-3-23(27(22)17-16-26)15-9-19-6-12-21(25)13-7-19/h1-15H,16-17,26H2/q+1/b14-8+,15-9+. The second kappa shape index (κ2) is 9.01. The van der Waals surface area contributed by atoms with E-state index in [0.29, 0.717) is 13.1 Å². The zero-order valence-corrected chi connectivity index (χ0v) is 14.9. The first-order valence-electron chi connectivity index (χ1n) is 8.76. The highest BCUT2D eigenvalue weighted by atomic mass is 19.1. The fraction of sp³-hybridized carbons (Fsp3) is 0.0870. The lowest BCUT2D eigenvalue weighted by Gasteiger charge is -2.03. The molecule has 0 radical (unpaired) electrons. The number of hydrogen-bond acceptors (Lipinski definition) is 1. The average molecular weight is 363 g/mol. The van der Waals surface area contributed by atoms with Gasteiger partial charge in [-0.1, -0.05) is 24.3 Å². The molecule has 0 saturated carbocycles. The number of pyridine rings is 1. The average Bonchev–Trinajstić information content (AvgIpc) is 2.68. The lowest BCUT2D eigenvalue weighted by Crippen LogP contribution is -2.43. The topological polar surface area (TPSA) is 29.9 Å². The molecule has 0 unspecified atom stereocenters. The van der Waals surface area contributed by atoms with Crippen LogP contribution in [0.5, 0.6) is 0 Å². The fourth-order valence-electron chi connectivity index (χ4n) is 2.76. The number of benzene rings is 2. The molecule has 0 amide bonds. The Morgan fingerprint density at radius 2 is 1.11 bits per heavy atom. The van der Waals surface area contributed by atoms with E-state index in [2.05, 4.69) is 4.57 Å². The van der Waals surface area contributed by atoms with E-state index in [1.165, 1.54) is 24.3 Å². The molecule has 0 saturated heterocycles. The molecule has 0 fully saturated rings. The van der Waals surface area contributed by atoms with E-state index < -0.39 is 0 Å². The number of nitrogens with zero attached hydrogens (tertiary/aromatic N) is 1. The van der Waals surface area contributed by atoms with Crippen molar-refractivity contribution in [3.8, 4) is 0 Å². The first-order valence-corrected chi connectivity index (χ1v) is 8.76. The molecule has 4 heteroatoms. The van der Waals surface area contributed by atoms with Crippen molar-refractivity contribution in [1.29, 1.82) is 0 Å². The molecule has 136 valence electrons. The highest BCUT2D eigenvalue weighted by Crippen LogP contribution is 2.10. The third kappa shape index (κ3) is 5.19. The van der Waals surface area contributed by atoms with E-state index in [0.717, 1.165) is 22.5 Å². The number of nitrogens with two attached hydrogens (primary N) is 1. The van der Waals surface area contributed by atoms with Gasteiger partial charge < -0.3 is 5.73 Å². The molecule has 0 bridgehead atoms. The van der Waals surface area contributed by atoms with Crippen LogP contribution in [0.2, 0.25) is 0 Å². The summed E-state index contributed by atoms with van der Waals surface area (Å²) in [7, 11) is 0. The van der Waals surface area contributed by atoms with E-state index >= 15 is 0 Å². The first-order chi connectivity index (χ1) is 13.2.